The molecule has 0 saturated carbocycles. The number of hydrogen-bond acceptors (Lipinski definition) is 8. The van der Waals surface area contributed by atoms with Crippen LogP contribution in [0.3, 0.4) is 0 Å². The highest BCUT2D eigenvalue weighted by Crippen LogP contribution is 2.31. The van der Waals surface area contributed by atoms with E-state index in [-0.39, 0.29) is 20.5 Å². The number of morpholine rings is 1. The van der Waals surface area contributed by atoms with Crippen molar-refractivity contribution < 1.29 is 14.5 Å². The molecule has 2 saturated heterocycles. The third-order valence-electron chi connectivity index (χ3n) is 6.87. The molecule has 3 aromatic rings. The summed E-state index contributed by atoms with van der Waals surface area (Å²) in [7, 11) is 0. The zero-order chi connectivity index (χ0) is 27.4. The van der Waals surface area contributed by atoms with Crippen molar-refractivity contribution in [3.05, 3.63) is 83.8 Å². The molecular formula is C28H27N5O5S. The van der Waals surface area contributed by atoms with E-state index < -0.39 is 16.4 Å². The Morgan fingerprint density at radius 3 is 2.44 bits per heavy atom. The van der Waals surface area contributed by atoms with Gasteiger partial charge in [0.05, 0.1) is 28.4 Å². The Kier molecular flexibility index (Phi) is 7.86. The number of ether oxygens (including phenoxy) is 1. The van der Waals surface area contributed by atoms with Gasteiger partial charge in [0, 0.05) is 32.2 Å². The monoisotopic (exact) mass is 545 g/mol. The van der Waals surface area contributed by atoms with Gasteiger partial charge in [0.2, 0.25) is 0 Å². The van der Waals surface area contributed by atoms with Crippen LogP contribution in [-0.2, 0) is 9.53 Å². The molecule has 39 heavy (non-hydrogen) atoms. The van der Waals surface area contributed by atoms with Gasteiger partial charge in [0.25, 0.3) is 17.2 Å². The molecule has 0 radical (unpaired) electrons. The van der Waals surface area contributed by atoms with Crippen molar-refractivity contribution in [3.8, 4) is 11.8 Å². The molecule has 200 valence electrons. The summed E-state index contributed by atoms with van der Waals surface area (Å²) in [5, 5.41) is 22.0. The Hall–Kier alpha value is -4.27. The van der Waals surface area contributed by atoms with Gasteiger partial charge in [-0.3, -0.25) is 24.3 Å². The van der Waals surface area contributed by atoms with Gasteiger partial charge >= 0.3 is 0 Å². The lowest BCUT2D eigenvalue weighted by Crippen LogP contribution is -2.42. The van der Waals surface area contributed by atoms with Crippen LogP contribution in [0.15, 0.2) is 53.3 Å². The lowest BCUT2D eigenvalue weighted by atomic mass is 10.1. The fourth-order valence-electron chi connectivity index (χ4n) is 4.90. The first-order valence-electron chi connectivity index (χ1n) is 12.8. The lowest BCUT2D eigenvalue weighted by molar-refractivity contribution is -0.384. The molecule has 1 amide bonds. The van der Waals surface area contributed by atoms with Gasteiger partial charge in [-0.05, 0) is 49.1 Å². The Labute approximate surface area is 228 Å². The van der Waals surface area contributed by atoms with Gasteiger partial charge in [-0.1, -0.05) is 24.3 Å². The van der Waals surface area contributed by atoms with Gasteiger partial charge in [0.1, 0.15) is 16.4 Å². The third-order valence-corrected chi connectivity index (χ3v) is 7.96. The van der Waals surface area contributed by atoms with Crippen LogP contribution >= 0.6 is 11.3 Å². The molecule has 0 unspecified atom stereocenters. The van der Waals surface area contributed by atoms with Crippen LogP contribution in [0, 0.1) is 21.4 Å². The van der Waals surface area contributed by atoms with Crippen molar-refractivity contribution in [2.24, 2.45) is 0 Å². The maximum absolute atomic E-state index is 13.7. The number of anilines is 1. The number of amides is 1. The van der Waals surface area contributed by atoms with E-state index in [1.54, 1.807) is 47.4 Å². The molecule has 1 aromatic heterocycles. The second-order valence-corrected chi connectivity index (χ2v) is 10.4. The standard InChI is InChI=1S/C28H27N5O5S/c29-19-22(26(34)31-13-15-38-16-14-31)28-32(21-7-3-1-4-8-21)27(35)25(39-28)18-20-9-10-23(24(17-20)33(36)37)30-11-5-2-6-12-30/h1,3-4,7-10,17-18H,2,5-6,11-16H2/b25-18-,28-22+. The molecule has 2 aromatic carbocycles. The smallest absolute Gasteiger partial charge is 0.293 e. The SMILES string of the molecule is N#C/C(C(=O)N1CCOCC1)=c1\s/c(=C\c2ccc(N3CCCCC3)c([N+](=O)[O-])c2)c(=O)n1-c1ccccc1. The minimum Gasteiger partial charge on any atom is -0.378 e. The highest BCUT2D eigenvalue weighted by molar-refractivity contribution is 7.07. The van der Waals surface area contributed by atoms with Crippen molar-refractivity contribution in [2.75, 3.05) is 44.3 Å². The Balaban J connectivity index is 1.67. The number of thiazole rings is 1. The zero-order valence-electron chi connectivity index (χ0n) is 21.2. The molecule has 0 N–H and O–H groups in total. The van der Waals surface area contributed by atoms with Crippen LogP contribution in [0.4, 0.5) is 11.4 Å². The molecule has 2 fully saturated rings. The van der Waals surface area contributed by atoms with E-state index in [0.717, 1.165) is 43.7 Å². The van der Waals surface area contributed by atoms with Crippen molar-refractivity contribution in [1.29, 1.82) is 5.26 Å². The number of piperidine rings is 1. The average molecular weight is 546 g/mol. The topological polar surface area (TPSA) is 122 Å². The van der Waals surface area contributed by atoms with Crippen LogP contribution < -0.4 is 19.7 Å². The van der Waals surface area contributed by atoms with Gasteiger partial charge in [-0.15, -0.1) is 11.3 Å². The second kappa shape index (κ2) is 11.6. The van der Waals surface area contributed by atoms with Crippen molar-refractivity contribution in [3.63, 3.8) is 0 Å². The molecule has 11 heteroatoms. The first-order valence-corrected chi connectivity index (χ1v) is 13.6. The predicted molar refractivity (Wildman–Crippen MR) is 148 cm³/mol. The minimum absolute atomic E-state index is 0.0161. The molecule has 0 spiro atoms. The van der Waals surface area contributed by atoms with E-state index in [2.05, 4.69) is 0 Å². The van der Waals surface area contributed by atoms with E-state index in [1.807, 2.05) is 17.0 Å². The zero-order valence-corrected chi connectivity index (χ0v) is 22.1. The molecular weight excluding hydrogens is 518 g/mol. The summed E-state index contributed by atoms with van der Waals surface area (Å²) in [4.78, 5) is 42.1. The maximum Gasteiger partial charge on any atom is 0.293 e. The summed E-state index contributed by atoms with van der Waals surface area (Å²) in [6.45, 7) is 3.01. The number of carbonyl (C=O) groups is 1. The molecule has 3 heterocycles. The number of rotatable bonds is 5. The van der Waals surface area contributed by atoms with Gasteiger partial charge in [-0.2, -0.15) is 5.26 Å². The number of nitro benzene ring substituents is 1. The molecule has 5 rings (SSSR count). The largest absolute Gasteiger partial charge is 0.378 e. The van der Waals surface area contributed by atoms with Crippen molar-refractivity contribution >= 4 is 40.3 Å². The van der Waals surface area contributed by atoms with E-state index in [4.69, 9.17) is 4.74 Å². The molecule has 2 aliphatic heterocycles. The van der Waals surface area contributed by atoms with E-state index in [1.165, 1.54) is 10.6 Å². The number of nitro groups is 1. The summed E-state index contributed by atoms with van der Waals surface area (Å²) < 4.78 is 7.17. The van der Waals surface area contributed by atoms with E-state index in [9.17, 15) is 25.0 Å². The third kappa shape index (κ3) is 5.48. The second-order valence-electron chi connectivity index (χ2n) is 9.34. The average Bonchev–Trinajstić information content (AvgIpc) is 3.29. The summed E-state index contributed by atoms with van der Waals surface area (Å²) in [5.41, 5.74) is 1.02. The Morgan fingerprint density at radius 2 is 1.77 bits per heavy atom. The molecule has 0 bridgehead atoms. The van der Waals surface area contributed by atoms with Crippen LogP contribution in [0.5, 0.6) is 0 Å². The number of para-hydroxylation sites is 1. The van der Waals surface area contributed by atoms with Gasteiger partial charge in [-0.25, -0.2) is 0 Å². The van der Waals surface area contributed by atoms with Crippen LogP contribution in [-0.4, -0.2) is 59.7 Å². The van der Waals surface area contributed by atoms with Crippen LogP contribution in [0.25, 0.3) is 17.3 Å². The first kappa shape index (κ1) is 26.3. The highest BCUT2D eigenvalue weighted by Gasteiger charge is 2.25. The molecule has 0 aliphatic carbocycles. The highest BCUT2D eigenvalue weighted by atomic mass is 32.1. The van der Waals surface area contributed by atoms with Crippen LogP contribution in [0.1, 0.15) is 24.8 Å². The molecule has 2 aliphatic rings. The summed E-state index contributed by atoms with van der Waals surface area (Å²) >= 11 is 1.02. The molecule has 10 nitrogen and oxygen atoms in total. The Morgan fingerprint density at radius 1 is 1.05 bits per heavy atom. The summed E-state index contributed by atoms with van der Waals surface area (Å²) in [6, 6.07) is 15.8. The lowest BCUT2D eigenvalue weighted by Gasteiger charge is -2.28. The number of aromatic nitrogens is 1. The number of benzene rings is 2. The van der Waals surface area contributed by atoms with Gasteiger partial charge < -0.3 is 14.5 Å². The van der Waals surface area contributed by atoms with Crippen molar-refractivity contribution in [1.82, 2.24) is 9.47 Å². The molecule has 0 atom stereocenters. The number of carbonyl (C=O) groups excluding carboxylic acids is 1. The first-order chi connectivity index (χ1) is 19.0. The fraction of sp³-hybridized carbons (Fsp3) is 0.321. The summed E-state index contributed by atoms with van der Waals surface area (Å²) in [5.74, 6) is -0.459. The number of nitriles is 1. The maximum atomic E-state index is 13.7. The van der Waals surface area contributed by atoms with Crippen molar-refractivity contribution in [2.45, 2.75) is 19.3 Å². The quantitative estimate of drug-likeness (QED) is 0.356. The number of hydrogen-bond donors (Lipinski definition) is 0. The normalized spacial score (nSPS) is 17.1. The number of nitrogens with zero attached hydrogens (tertiary/aromatic N) is 5. The minimum atomic E-state index is -0.459. The van der Waals surface area contributed by atoms with Crippen LogP contribution in [0.2, 0.25) is 0 Å². The fourth-order valence-corrected chi connectivity index (χ4v) is 6.00. The summed E-state index contributed by atoms with van der Waals surface area (Å²) in [6.07, 6.45) is 4.67. The van der Waals surface area contributed by atoms with E-state index >= 15 is 0 Å². The van der Waals surface area contributed by atoms with E-state index in [0.29, 0.717) is 43.2 Å². The van der Waals surface area contributed by atoms with Gasteiger partial charge in [0.15, 0.2) is 5.57 Å². The predicted octanol–water partition coefficient (Wildman–Crippen LogP) is 2.16. The Bertz CT molecular complexity index is 1610.